The van der Waals surface area contributed by atoms with Gasteiger partial charge in [0.1, 0.15) is 5.82 Å². The van der Waals surface area contributed by atoms with Crippen LogP contribution in [0.25, 0.3) is 10.9 Å². The third-order valence-electron chi connectivity index (χ3n) is 4.56. The van der Waals surface area contributed by atoms with E-state index in [0.717, 1.165) is 29.4 Å². The summed E-state index contributed by atoms with van der Waals surface area (Å²) in [5, 5.41) is 4.08. The average Bonchev–Trinajstić information content (AvgIpc) is 3.37. The maximum atomic E-state index is 13.9. The lowest BCUT2D eigenvalue weighted by molar-refractivity contribution is 0.190. The van der Waals surface area contributed by atoms with Crippen molar-refractivity contribution < 1.29 is 9.18 Å². The summed E-state index contributed by atoms with van der Waals surface area (Å²) in [6, 6.07) is 16.7. The predicted octanol–water partition coefficient (Wildman–Crippen LogP) is 4.18. The number of benzene rings is 2. The van der Waals surface area contributed by atoms with Crippen LogP contribution in [-0.2, 0) is 13.1 Å². The van der Waals surface area contributed by atoms with E-state index in [2.05, 4.69) is 10.3 Å². The summed E-state index contributed by atoms with van der Waals surface area (Å²) in [4.78, 5) is 17.6. The quantitative estimate of drug-likeness (QED) is 0.721. The molecule has 1 aliphatic carbocycles. The van der Waals surface area contributed by atoms with Crippen molar-refractivity contribution in [2.45, 2.75) is 32.0 Å². The molecule has 1 aliphatic rings. The predicted molar refractivity (Wildman–Crippen MR) is 95.5 cm³/mol. The highest BCUT2D eigenvalue weighted by Crippen LogP contribution is 2.29. The molecule has 0 radical (unpaired) electrons. The normalized spacial score (nSPS) is 13.8. The zero-order valence-corrected chi connectivity index (χ0v) is 13.8. The van der Waals surface area contributed by atoms with E-state index in [-0.39, 0.29) is 17.9 Å². The third-order valence-corrected chi connectivity index (χ3v) is 4.56. The van der Waals surface area contributed by atoms with Crippen LogP contribution < -0.4 is 5.32 Å². The summed E-state index contributed by atoms with van der Waals surface area (Å²) in [5.74, 6) is -0.267. The minimum atomic E-state index is -0.267. The van der Waals surface area contributed by atoms with Crippen LogP contribution in [0, 0.1) is 5.82 Å². The number of aromatic amines is 1. The van der Waals surface area contributed by atoms with Gasteiger partial charge in [-0.25, -0.2) is 9.18 Å². The van der Waals surface area contributed by atoms with E-state index in [1.165, 1.54) is 6.07 Å². The number of hydrogen-bond acceptors (Lipinski definition) is 1. The SMILES string of the molecule is O=C(NCc1cc2ccccc2[nH]1)N(Cc1ccccc1F)C1CC1. The number of aromatic nitrogens is 1. The summed E-state index contributed by atoms with van der Waals surface area (Å²) < 4.78 is 13.9. The maximum absolute atomic E-state index is 13.9. The van der Waals surface area contributed by atoms with Gasteiger partial charge < -0.3 is 15.2 Å². The van der Waals surface area contributed by atoms with Crippen LogP contribution in [-0.4, -0.2) is 22.0 Å². The van der Waals surface area contributed by atoms with Crippen LogP contribution in [0.15, 0.2) is 54.6 Å². The van der Waals surface area contributed by atoms with Gasteiger partial charge in [-0.3, -0.25) is 0 Å². The van der Waals surface area contributed by atoms with Gasteiger partial charge in [0.05, 0.1) is 13.1 Å². The van der Waals surface area contributed by atoms with Crippen molar-refractivity contribution in [3.05, 3.63) is 71.7 Å². The van der Waals surface area contributed by atoms with Crippen LogP contribution in [0.1, 0.15) is 24.1 Å². The number of urea groups is 1. The van der Waals surface area contributed by atoms with Crippen LogP contribution in [0.4, 0.5) is 9.18 Å². The molecule has 1 heterocycles. The molecule has 0 atom stereocenters. The van der Waals surface area contributed by atoms with E-state index in [1.54, 1.807) is 23.1 Å². The molecule has 0 unspecified atom stereocenters. The monoisotopic (exact) mass is 337 g/mol. The van der Waals surface area contributed by atoms with Gasteiger partial charge in [0, 0.05) is 22.8 Å². The van der Waals surface area contributed by atoms with Gasteiger partial charge in [-0.05, 0) is 36.4 Å². The number of carbonyl (C=O) groups is 1. The molecule has 1 aromatic heterocycles. The molecule has 3 aromatic rings. The summed E-state index contributed by atoms with van der Waals surface area (Å²) in [5.41, 5.74) is 2.56. The standard InChI is InChI=1S/C20H20FN3O/c21-18-7-3-1-6-15(18)13-24(17-9-10-17)20(25)22-12-16-11-14-5-2-4-8-19(14)23-16/h1-8,11,17,23H,9-10,12-13H2,(H,22,25). The molecule has 4 nitrogen and oxygen atoms in total. The fourth-order valence-electron chi connectivity index (χ4n) is 3.06. The molecule has 2 aromatic carbocycles. The zero-order valence-electron chi connectivity index (χ0n) is 13.8. The second-order valence-electron chi connectivity index (χ2n) is 6.49. The molecular formula is C20H20FN3O. The number of amides is 2. The van der Waals surface area contributed by atoms with Gasteiger partial charge in [0.15, 0.2) is 0 Å². The molecular weight excluding hydrogens is 317 g/mol. The number of nitrogens with zero attached hydrogens (tertiary/aromatic N) is 1. The highest BCUT2D eigenvalue weighted by Gasteiger charge is 2.33. The van der Waals surface area contributed by atoms with Gasteiger partial charge in [0.25, 0.3) is 0 Å². The van der Waals surface area contributed by atoms with Crippen LogP contribution >= 0.6 is 0 Å². The van der Waals surface area contributed by atoms with Gasteiger partial charge in [-0.1, -0.05) is 36.4 Å². The Balaban J connectivity index is 1.43. The largest absolute Gasteiger partial charge is 0.357 e. The number of rotatable bonds is 5. The Morgan fingerprint density at radius 2 is 1.92 bits per heavy atom. The van der Waals surface area contributed by atoms with Gasteiger partial charge >= 0.3 is 6.03 Å². The van der Waals surface area contributed by atoms with Gasteiger partial charge in [0.2, 0.25) is 0 Å². The Kier molecular flexibility index (Phi) is 4.14. The topological polar surface area (TPSA) is 48.1 Å². The van der Waals surface area contributed by atoms with Crippen molar-refractivity contribution in [2.75, 3.05) is 0 Å². The molecule has 1 fully saturated rings. The smallest absolute Gasteiger partial charge is 0.318 e. The van der Waals surface area contributed by atoms with Crippen molar-refractivity contribution in [3.8, 4) is 0 Å². The van der Waals surface area contributed by atoms with E-state index < -0.39 is 0 Å². The maximum Gasteiger partial charge on any atom is 0.318 e. The van der Waals surface area contributed by atoms with E-state index in [1.807, 2.05) is 30.3 Å². The van der Waals surface area contributed by atoms with Crippen molar-refractivity contribution >= 4 is 16.9 Å². The van der Waals surface area contributed by atoms with E-state index in [4.69, 9.17) is 0 Å². The first kappa shape index (κ1) is 15.7. The number of nitrogens with one attached hydrogen (secondary N) is 2. The molecule has 2 N–H and O–H groups in total. The Morgan fingerprint density at radius 1 is 1.16 bits per heavy atom. The third kappa shape index (κ3) is 3.50. The van der Waals surface area contributed by atoms with Crippen LogP contribution in [0.5, 0.6) is 0 Å². The average molecular weight is 337 g/mol. The summed E-state index contributed by atoms with van der Waals surface area (Å²) >= 11 is 0. The van der Waals surface area contributed by atoms with Crippen molar-refractivity contribution in [2.24, 2.45) is 0 Å². The van der Waals surface area contributed by atoms with Gasteiger partial charge in [-0.15, -0.1) is 0 Å². The number of fused-ring (bicyclic) bond motifs is 1. The number of carbonyl (C=O) groups excluding carboxylic acids is 1. The Morgan fingerprint density at radius 3 is 2.68 bits per heavy atom. The number of hydrogen-bond donors (Lipinski definition) is 2. The van der Waals surface area contributed by atoms with Crippen LogP contribution in [0.3, 0.4) is 0 Å². The molecule has 0 bridgehead atoms. The van der Waals surface area contributed by atoms with Crippen LogP contribution in [0.2, 0.25) is 0 Å². The van der Waals surface area contributed by atoms with E-state index in [9.17, 15) is 9.18 Å². The lowest BCUT2D eigenvalue weighted by Gasteiger charge is -2.23. The molecule has 1 saturated carbocycles. The zero-order chi connectivity index (χ0) is 17.2. The summed E-state index contributed by atoms with van der Waals surface area (Å²) in [6.45, 7) is 0.726. The fourth-order valence-corrected chi connectivity index (χ4v) is 3.06. The van der Waals surface area contributed by atoms with Gasteiger partial charge in [-0.2, -0.15) is 0 Å². The Bertz CT molecular complexity index is 868. The first-order valence-corrected chi connectivity index (χ1v) is 8.55. The lowest BCUT2D eigenvalue weighted by atomic mass is 10.2. The Hall–Kier alpha value is -2.82. The molecule has 128 valence electrons. The molecule has 25 heavy (non-hydrogen) atoms. The second-order valence-corrected chi connectivity index (χ2v) is 6.49. The Labute approximate surface area is 145 Å². The van der Waals surface area contributed by atoms with Crippen molar-refractivity contribution in [3.63, 3.8) is 0 Å². The molecule has 4 rings (SSSR count). The second kappa shape index (κ2) is 6.59. The summed E-state index contributed by atoms with van der Waals surface area (Å²) in [7, 11) is 0. The minimum absolute atomic E-state index is 0.149. The highest BCUT2D eigenvalue weighted by atomic mass is 19.1. The number of para-hydroxylation sites is 1. The molecule has 5 heteroatoms. The highest BCUT2D eigenvalue weighted by molar-refractivity contribution is 5.80. The first-order valence-electron chi connectivity index (χ1n) is 8.55. The number of halogens is 1. The van der Waals surface area contributed by atoms with Crippen molar-refractivity contribution in [1.82, 2.24) is 15.2 Å². The lowest BCUT2D eigenvalue weighted by Crippen LogP contribution is -2.40. The van der Waals surface area contributed by atoms with E-state index in [0.29, 0.717) is 18.7 Å². The van der Waals surface area contributed by atoms with E-state index >= 15 is 0 Å². The molecule has 0 aliphatic heterocycles. The number of H-pyrrole nitrogens is 1. The minimum Gasteiger partial charge on any atom is -0.357 e. The molecule has 2 amide bonds. The fraction of sp³-hybridized carbons (Fsp3) is 0.250. The molecule has 0 spiro atoms. The van der Waals surface area contributed by atoms with Crippen molar-refractivity contribution in [1.29, 1.82) is 0 Å². The molecule has 0 saturated heterocycles. The first-order chi connectivity index (χ1) is 12.2. The summed E-state index contributed by atoms with van der Waals surface area (Å²) in [6.07, 6.45) is 1.96.